The molecule has 0 radical (unpaired) electrons. The summed E-state index contributed by atoms with van der Waals surface area (Å²) in [4.78, 5) is 0. The Bertz CT molecular complexity index is 731. The molecule has 0 amide bonds. The van der Waals surface area contributed by atoms with Gasteiger partial charge in [0.2, 0.25) is 0 Å². The van der Waals surface area contributed by atoms with Crippen LogP contribution < -0.4 is 0 Å². The minimum Gasteiger partial charge on any atom is -0.373 e. The molecule has 0 atom stereocenters. The molecule has 0 unspecified atom stereocenters. The van der Waals surface area contributed by atoms with Gasteiger partial charge in [0.15, 0.2) is 0 Å². The Hall–Kier alpha value is -2.12. The summed E-state index contributed by atoms with van der Waals surface area (Å²) in [5.41, 5.74) is 5.22. The Morgan fingerprint density at radius 1 is 0.893 bits per heavy atom. The topological polar surface area (TPSA) is 9.23 Å². The maximum atomic E-state index is 5.50. The van der Waals surface area contributed by atoms with Crippen molar-refractivity contribution in [1.82, 2.24) is 0 Å². The van der Waals surface area contributed by atoms with Gasteiger partial charge in [0, 0.05) is 0 Å². The average Bonchev–Trinajstić information content (AvgIpc) is 2.75. The smallest absolute Gasteiger partial charge is 0.0721 e. The van der Waals surface area contributed by atoms with Crippen LogP contribution in [0.5, 0.6) is 0 Å². The highest BCUT2D eigenvalue weighted by Gasteiger charge is 2.19. The zero-order valence-electron chi connectivity index (χ0n) is 17.3. The van der Waals surface area contributed by atoms with Gasteiger partial charge in [-0.25, -0.2) is 0 Å². The first-order valence-corrected chi connectivity index (χ1v) is 10.8. The summed E-state index contributed by atoms with van der Waals surface area (Å²) in [6, 6.07) is 17.8. The molecule has 0 spiro atoms. The van der Waals surface area contributed by atoms with Crippen LogP contribution in [0.4, 0.5) is 0 Å². The molecule has 3 rings (SSSR count). The van der Waals surface area contributed by atoms with Crippen LogP contribution in [0.15, 0.2) is 73.3 Å². The molecule has 1 heteroatoms. The Kier molecular flexibility index (Phi) is 8.11. The van der Waals surface area contributed by atoms with E-state index in [1.165, 1.54) is 60.8 Å². The molecular weight excluding hydrogens is 340 g/mol. The van der Waals surface area contributed by atoms with Crippen molar-refractivity contribution < 1.29 is 4.74 Å². The van der Waals surface area contributed by atoms with Crippen LogP contribution in [-0.4, -0.2) is 6.61 Å². The zero-order valence-corrected chi connectivity index (χ0v) is 17.3. The predicted octanol–water partition coefficient (Wildman–Crippen LogP) is 7.37. The van der Waals surface area contributed by atoms with Crippen molar-refractivity contribution in [3.63, 3.8) is 0 Å². The normalized spacial score (nSPS) is 19.8. The molecule has 0 aromatic heterocycles. The van der Waals surface area contributed by atoms with Gasteiger partial charge in [0.05, 0.1) is 13.2 Å². The van der Waals surface area contributed by atoms with Crippen molar-refractivity contribution in [3.8, 4) is 11.1 Å². The second-order valence-corrected chi connectivity index (χ2v) is 8.04. The van der Waals surface area contributed by atoms with E-state index < -0.39 is 0 Å². The number of rotatable bonds is 9. The molecule has 2 aromatic rings. The van der Waals surface area contributed by atoms with Crippen LogP contribution in [0.25, 0.3) is 11.1 Å². The van der Waals surface area contributed by atoms with Gasteiger partial charge >= 0.3 is 0 Å². The molecule has 0 heterocycles. The van der Waals surface area contributed by atoms with E-state index in [1.54, 1.807) is 6.08 Å². The van der Waals surface area contributed by atoms with E-state index >= 15 is 0 Å². The highest BCUT2D eigenvalue weighted by molar-refractivity contribution is 5.63. The van der Waals surface area contributed by atoms with E-state index in [0.717, 1.165) is 11.8 Å². The Labute approximate surface area is 171 Å². The van der Waals surface area contributed by atoms with Gasteiger partial charge in [0.1, 0.15) is 0 Å². The summed E-state index contributed by atoms with van der Waals surface area (Å²) in [6.07, 6.45) is 14.5. The van der Waals surface area contributed by atoms with Crippen LogP contribution in [-0.2, 0) is 17.8 Å². The summed E-state index contributed by atoms with van der Waals surface area (Å²) >= 11 is 0. The van der Waals surface area contributed by atoms with Gasteiger partial charge in [-0.2, -0.15) is 0 Å². The molecule has 28 heavy (non-hydrogen) atoms. The molecule has 1 aliphatic carbocycles. The summed E-state index contributed by atoms with van der Waals surface area (Å²) < 4.78 is 5.50. The minimum atomic E-state index is 0.598. The summed E-state index contributed by atoms with van der Waals surface area (Å²) in [5, 5.41) is 0. The molecular formula is C27H34O. The minimum absolute atomic E-state index is 0.598. The Balaban J connectivity index is 1.47. The van der Waals surface area contributed by atoms with Crippen LogP contribution in [0, 0.1) is 11.8 Å². The standard InChI is InChI=1S/C27H34O/c1-3-5-22-6-8-23(9-7-22)10-11-24-12-16-26(17-13-24)27-18-14-25(15-19-27)21-28-20-4-2/h3-5,12-19,22-23H,2,6-11,20-21H2,1H3/b5-3+. The third-order valence-electron chi connectivity index (χ3n) is 5.94. The van der Waals surface area contributed by atoms with E-state index in [0.29, 0.717) is 13.2 Å². The fourth-order valence-electron chi connectivity index (χ4n) is 4.23. The summed E-state index contributed by atoms with van der Waals surface area (Å²) in [7, 11) is 0. The van der Waals surface area contributed by atoms with E-state index in [1.807, 2.05) is 0 Å². The number of hydrogen-bond donors (Lipinski definition) is 0. The highest BCUT2D eigenvalue weighted by Crippen LogP contribution is 2.32. The lowest BCUT2D eigenvalue weighted by atomic mass is 9.79. The first-order valence-electron chi connectivity index (χ1n) is 10.8. The number of allylic oxidation sites excluding steroid dienone is 2. The lowest BCUT2D eigenvalue weighted by molar-refractivity contribution is 0.149. The fourth-order valence-corrected chi connectivity index (χ4v) is 4.23. The summed E-state index contributed by atoms with van der Waals surface area (Å²) in [6.45, 7) is 7.05. The van der Waals surface area contributed by atoms with Crippen molar-refractivity contribution in [3.05, 3.63) is 84.5 Å². The van der Waals surface area contributed by atoms with Gasteiger partial charge in [-0.05, 0) is 79.5 Å². The number of benzene rings is 2. The number of hydrogen-bond acceptors (Lipinski definition) is 1. The Morgan fingerprint density at radius 3 is 2.07 bits per heavy atom. The maximum Gasteiger partial charge on any atom is 0.0721 e. The molecule has 0 aliphatic heterocycles. The predicted molar refractivity (Wildman–Crippen MR) is 120 cm³/mol. The van der Waals surface area contributed by atoms with Crippen LogP contribution in [0.2, 0.25) is 0 Å². The second-order valence-electron chi connectivity index (χ2n) is 8.04. The van der Waals surface area contributed by atoms with Gasteiger partial charge in [-0.3, -0.25) is 0 Å². The second kappa shape index (κ2) is 11.0. The molecule has 148 valence electrons. The number of ether oxygens (including phenoxy) is 1. The van der Waals surface area contributed by atoms with Gasteiger partial charge in [-0.15, -0.1) is 6.58 Å². The maximum absolute atomic E-state index is 5.50. The quantitative estimate of drug-likeness (QED) is 0.329. The SMILES string of the molecule is C=CCOCc1ccc(-c2ccc(CCC3CCC(/C=C/C)CC3)cc2)cc1. The van der Waals surface area contributed by atoms with Gasteiger partial charge < -0.3 is 4.74 Å². The Morgan fingerprint density at radius 2 is 1.50 bits per heavy atom. The molecule has 2 aromatic carbocycles. The average molecular weight is 375 g/mol. The highest BCUT2D eigenvalue weighted by atomic mass is 16.5. The van der Waals surface area contributed by atoms with Crippen molar-refractivity contribution in [2.75, 3.05) is 6.61 Å². The lowest BCUT2D eigenvalue weighted by Gasteiger charge is -2.26. The zero-order chi connectivity index (χ0) is 19.6. The van der Waals surface area contributed by atoms with Crippen molar-refractivity contribution in [1.29, 1.82) is 0 Å². The third kappa shape index (κ3) is 6.21. The first kappa shape index (κ1) is 20.6. The molecule has 1 nitrogen and oxygen atoms in total. The molecule has 0 N–H and O–H groups in total. The number of aryl methyl sites for hydroxylation is 1. The van der Waals surface area contributed by atoms with Gasteiger partial charge in [0.25, 0.3) is 0 Å². The van der Waals surface area contributed by atoms with Crippen molar-refractivity contribution in [2.45, 2.75) is 52.1 Å². The van der Waals surface area contributed by atoms with Crippen LogP contribution in [0.3, 0.4) is 0 Å². The van der Waals surface area contributed by atoms with Crippen LogP contribution in [0.1, 0.15) is 50.2 Å². The van der Waals surface area contributed by atoms with Crippen molar-refractivity contribution >= 4 is 0 Å². The molecule has 1 fully saturated rings. The molecule has 0 bridgehead atoms. The molecule has 1 saturated carbocycles. The lowest BCUT2D eigenvalue weighted by Crippen LogP contribution is -2.13. The molecule has 0 saturated heterocycles. The van der Waals surface area contributed by atoms with E-state index in [4.69, 9.17) is 4.74 Å². The molecule has 1 aliphatic rings. The largest absolute Gasteiger partial charge is 0.373 e. The van der Waals surface area contributed by atoms with Gasteiger partial charge in [-0.1, -0.05) is 66.8 Å². The van der Waals surface area contributed by atoms with E-state index in [9.17, 15) is 0 Å². The first-order chi connectivity index (χ1) is 13.8. The van der Waals surface area contributed by atoms with Crippen LogP contribution >= 0.6 is 0 Å². The fraction of sp³-hybridized carbons (Fsp3) is 0.407. The monoisotopic (exact) mass is 374 g/mol. The summed E-state index contributed by atoms with van der Waals surface area (Å²) in [5.74, 6) is 1.75. The van der Waals surface area contributed by atoms with E-state index in [2.05, 4.69) is 74.2 Å². The van der Waals surface area contributed by atoms with Crippen molar-refractivity contribution in [2.24, 2.45) is 11.8 Å². The van der Waals surface area contributed by atoms with E-state index in [-0.39, 0.29) is 0 Å². The third-order valence-corrected chi connectivity index (χ3v) is 5.94.